The molecular formula is C31H31N3O4. The molecule has 7 heteroatoms. The zero-order valence-electron chi connectivity index (χ0n) is 21.6. The number of anilines is 1. The fraction of sp³-hybridized carbons (Fsp3) is 0.258. The third kappa shape index (κ3) is 5.53. The molecule has 1 aliphatic heterocycles. The summed E-state index contributed by atoms with van der Waals surface area (Å²) in [5.41, 5.74) is 4.75. The monoisotopic (exact) mass is 509 g/mol. The average Bonchev–Trinajstić information content (AvgIpc) is 2.93. The summed E-state index contributed by atoms with van der Waals surface area (Å²) in [5, 5.41) is 3.55. The largest absolute Gasteiger partial charge is 0.492 e. The number of amides is 1. The van der Waals surface area contributed by atoms with Gasteiger partial charge in [-0.15, -0.1) is 0 Å². The summed E-state index contributed by atoms with van der Waals surface area (Å²) in [7, 11) is 0. The highest BCUT2D eigenvalue weighted by Gasteiger charge is 2.29. The van der Waals surface area contributed by atoms with Gasteiger partial charge in [0, 0.05) is 42.7 Å². The maximum absolute atomic E-state index is 13.7. The average molecular weight is 510 g/mol. The molecule has 4 aromatic rings. The van der Waals surface area contributed by atoms with Gasteiger partial charge in [0.1, 0.15) is 5.75 Å². The standard InChI is InChI=1S/C31H31N3O4/c1-3-37-28-16-10-9-15-27(28)33-30(35)21(2)38-31(36)29-23-13-7-8-14-25(23)32-26-17-18-34(20-24(26)29)19-22-11-5-4-6-12-22/h4-16,21H,3,17-20H2,1-2H3,(H,33,35). The Hall–Kier alpha value is -4.23. The van der Waals surface area contributed by atoms with Crippen molar-refractivity contribution in [2.75, 3.05) is 18.5 Å². The smallest absolute Gasteiger partial charge is 0.339 e. The van der Waals surface area contributed by atoms with E-state index in [1.165, 1.54) is 5.56 Å². The zero-order chi connectivity index (χ0) is 26.5. The highest BCUT2D eigenvalue weighted by atomic mass is 16.5. The van der Waals surface area contributed by atoms with E-state index in [1.54, 1.807) is 19.1 Å². The van der Waals surface area contributed by atoms with Gasteiger partial charge >= 0.3 is 5.97 Å². The molecule has 2 heterocycles. The van der Waals surface area contributed by atoms with Crippen molar-refractivity contribution in [2.45, 2.75) is 39.5 Å². The van der Waals surface area contributed by atoms with E-state index in [2.05, 4.69) is 22.3 Å². The first kappa shape index (κ1) is 25.4. The Morgan fingerprint density at radius 1 is 1.00 bits per heavy atom. The molecule has 1 N–H and O–H groups in total. The van der Waals surface area contributed by atoms with Crippen LogP contribution in [0.15, 0.2) is 78.9 Å². The molecule has 5 rings (SSSR count). The molecule has 0 spiro atoms. The number of esters is 1. The number of nitrogens with one attached hydrogen (secondary N) is 1. The van der Waals surface area contributed by atoms with Gasteiger partial charge in [-0.3, -0.25) is 14.7 Å². The number of aromatic nitrogens is 1. The SMILES string of the molecule is CCOc1ccccc1NC(=O)C(C)OC(=O)c1c2c(nc3ccccc13)CCN(Cc1ccccc1)C2. The number of pyridine rings is 1. The van der Waals surface area contributed by atoms with Crippen molar-refractivity contribution in [2.24, 2.45) is 0 Å². The van der Waals surface area contributed by atoms with E-state index in [0.717, 1.165) is 41.7 Å². The normalized spacial score (nSPS) is 13.9. The molecule has 38 heavy (non-hydrogen) atoms. The minimum atomic E-state index is -1.01. The molecule has 1 aromatic heterocycles. The Morgan fingerprint density at radius 3 is 2.55 bits per heavy atom. The van der Waals surface area contributed by atoms with Crippen molar-refractivity contribution < 1.29 is 19.1 Å². The summed E-state index contributed by atoms with van der Waals surface area (Å²) in [6.07, 6.45) is -0.277. The molecule has 0 aliphatic carbocycles. The van der Waals surface area contributed by atoms with Crippen LogP contribution in [0.3, 0.4) is 0 Å². The molecule has 1 aliphatic rings. The van der Waals surface area contributed by atoms with Crippen LogP contribution in [0.5, 0.6) is 5.75 Å². The fourth-order valence-corrected chi connectivity index (χ4v) is 4.81. The van der Waals surface area contributed by atoms with Gasteiger partial charge in [-0.05, 0) is 37.6 Å². The third-order valence-electron chi connectivity index (χ3n) is 6.68. The minimum Gasteiger partial charge on any atom is -0.492 e. The maximum atomic E-state index is 13.7. The van der Waals surface area contributed by atoms with E-state index >= 15 is 0 Å². The summed E-state index contributed by atoms with van der Waals surface area (Å²) in [5.74, 6) is -0.389. The maximum Gasteiger partial charge on any atom is 0.339 e. The van der Waals surface area contributed by atoms with Crippen LogP contribution in [0.4, 0.5) is 5.69 Å². The van der Waals surface area contributed by atoms with Crippen molar-refractivity contribution in [3.8, 4) is 5.75 Å². The Morgan fingerprint density at radius 2 is 1.74 bits per heavy atom. The third-order valence-corrected chi connectivity index (χ3v) is 6.68. The highest BCUT2D eigenvalue weighted by Crippen LogP contribution is 2.30. The topological polar surface area (TPSA) is 80.8 Å². The second-order valence-corrected chi connectivity index (χ2v) is 9.34. The number of rotatable bonds is 8. The van der Waals surface area contributed by atoms with Crippen molar-refractivity contribution in [1.82, 2.24) is 9.88 Å². The van der Waals surface area contributed by atoms with Crippen LogP contribution in [0.1, 0.15) is 41.0 Å². The van der Waals surface area contributed by atoms with Crippen LogP contribution in [0.2, 0.25) is 0 Å². The first-order valence-corrected chi connectivity index (χ1v) is 12.9. The molecule has 1 atom stereocenters. The number of fused-ring (bicyclic) bond motifs is 2. The van der Waals surface area contributed by atoms with Crippen LogP contribution >= 0.6 is 0 Å². The van der Waals surface area contributed by atoms with Gasteiger partial charge in [0.05, 0.1) is 23.4 Å². The molecule has 0 bridgehead atoms. The van der Waals surface area contributed by atoms with Crippen molar-refractivity contribution in [3.63, 3.8) is 0 Å². The molecule has 7 nitrogen and oxygen atoms in total. The van der Waals surface area contributed by atoms with Crippen LogP contribution in [0, 0.1) is 0 Å². The molecule has 0 saturated heterocycles. The lowest BCUT2D eigenvalue weighted by atomic mass is 9.95. The first-order chi connectivity index (χ1) is 18.5. The van der Waals surface area contributed by atoms with Gasteiger partial charge < -0.3 is 14.8 Å². The Balaban J connectivity index is 1.39. The Kier molecular flexibility index (Phi) is 7.65. The molecule has 3 aromatic carbocycles. The molecule has 194 valence electrons. The number of para-hydroxylation sites is 3. The van der Waals surface area contributed by atoms with Gasteiger partial charge in [0.2, 0.25) is 0 Å². The van der Waals surface area contributed by atoms with Crippen molar-refractivity contribution in [1.29, 1.82) is 0 Å². The number of carbonyl (C=O) groups excluding carboxylic acids is 2. The van der Waals surface area contributed by atoms with Crippen LogP contribution in [-0.2, 0) is 29.0 Å². The molecular weight excluding hydrogens is 478 g/mol. The van der Waals surface area contributed by atoms with E-state index < -0.39 is 18.0 Å². The van der Waals surface area contributed by atoms with Gasteiger partial charge in [0.15, 0.2) is 6.10 Å². The summed E-state index contributed by atoms with van der Waals surface area (Å²) >= 11 is 0. The molecule has 0 fully saturated rings. The lowest BCUT2D eigenvalue weighted by Gasteiger charge is -2.30. The summed E-state index contributed by atoms with van der Waals surface area (Å²) in [4.78, 5) is 33.8. The predicted molar refractivity (Wildman–Crippen MR) is 147 cm³/mol. The summed E-state index contributed by atoms with van der Waals surface area (Å²) < 4.78 is 11.4. The number of hydrogen-bond acceptors (Lipinski definition) is 6. The number of carbonyl (C=O) groups is 2. The van der Waals surface area contributed by atoms with Crippen LogP contribution in [-0.4, -0.2) is 41.0 Å². The highest BCUT2D eigenvalue weighted by molar-refractivity contribution is 6.06. The quantitative estimate of drug-likeness (QED) is 0.322. The first-order valence-electron chi connectivity index (χ1n) is 12.9. The minimum absolute atomic E-state index is 0.427. The molecule has 1 amide bonds. The van der Waals surface area contributed by atoms with Crippen molar-refractivity contribution in [3.05, 3.63) is 101 Å². The van der Waals surface area contributed by atoms with Crippen LogP contribution in [0.25, 0.3) is 10.9 Å². The zero-order valence-corrected chi connectivity index (χ0v) is 21.6. The lowest BCUT2D eigenvalue weighted by molar-refractivity contribution is -0.123. The fourth-order valence-electron chi connectivity index (χ4n) is 4.81. The van der Waals surface area contributed by atoms with Gasteiger partial charge in [-0.25, -0.2) is 4.79 Å². The molecule has 0 saturated carbocycles. The second-order valence-electron chi connectivity index (χ2n) is 9.34. The van der Waals surface area contributed by atoms with E-state index in [4.69, 9.17) is 14.5 Å². The van der Waals surface area contributed by atoms with E-state index in [-0.39, 0.29) is 0 Å². The Bertz CT molecular complexity index is 1450. The van der Waals surface area contributed by atoms with Crippen molar-refractivity contribution >= 4 is 28.5 Å². The second kappa shape index (κ2) is 11.4. The van der Waals surface area contributed by atoms with Gasteiger partial charge in [-0.1, -0.05) is 60.7 Å². The lowest BCUT2D eigenvalue weighted by Crippen LogP contribution is -2.34. The van der Waals surface area contributed by atoms with Gasteiger partial charge in [0.25, 0.3) is 5.91 Å². The summed E-state index contributed by atoms with van der Waals surface area (Å²) in [6, 6.07) is 25.1. The number of benzene rings is 3. The Labute approximate surface area is 222 Å². The molecule has 1 unspecified atom stereocenters. The number of nitrogens with zero attached hydrogens (tertiary/aromatic N) is 2. The van der Waals surface area contributed by atoms with E-state index in [9.17, 15) is 9.59 Å². The molecule has 0 radical (unpaired) electrons. The predicted octanol–water partition coefficient (Wildman–Crippen LogP) is 5.38. The number of hydrogen-bond donors (Lipinski definition) is 1. The van der Waals surface area contributed by atoms with E-state index in [0.29, 0.717) is 30.2 Å². The van der Waals surface area contributed by atoms with Crippen LogP contribution < -0.4 is 10.1 Å². The van der Waals surface area contributed by atoms with Gasteiger partial charge in [-0.2, -0.15) is 0 Å². The van der Waals surface area contributed by atoms with E-state index in [1.807, 2.05) is 61.5 Å². The number of ether oxygens (including phenoxy) is 2. The summed E-state index contributed by atoms with van der Waals surface area (Å²) in [6.45, 7) is 6.13.